The minimum Gasteiger partial charge on any atom is -0.591 e. The van der Waals surface area contributed by atoms with Gasteiger partial charge in [-0.2, -0.15) is 0 Å². The molecule has 0 radical (unpaired) electrons. The lowest BCUT2D eigenvalue weighted by Crippen LogP contribution is -2.25. The Morgan fingerprint density at radius 2 is 1.94 bits per heavy atom. The maximum Gasteiger partial charge on any atom is 0.263 e. The molecule has 0 spiro atoms. The summed E-state index contributed by atoms with van der Waals surface area (Å²) in [6, 6.07) is 3.07. The second-order valence-electron chi connectivity index (χ2n) is 4.68. The fourth-order valence-corrected chi connectivity index (χ4v) is 1.57. The molecule has 6 heteroatoms. The van der Waals surface area contributed by atoms with E-state index in [4.69, 9.17) is 0 Å². The van der Waals surface area contributed by atoms with Gasteiger partial charge in [-0.05, 0) is 32.9 Å². The third-order valence-corrected chi connectivity index (χ3v) is 3.43. The Morgan fingerprint density at radius 1 is 1.33 bits per heavy atom. The lowest BCUT2D eigenvalue weighted by atomic mass is 10.1. The molecule has 0 aliphatic heterocycles. The van der Waals surface area contributed by atoms with E-state index < -0.39 is 28.4 Å². The molecule has 0 bridgehead atoms. The van der Waals surface area contributed by atoms with E-state index in [-0.39, 0.29) is 11.1 Å². The summed E-state index contributed by atoms with van der Waals surface area (Å²) >= 11 is -1.51. The Labute approximate surface area is 107 Å². The van der Waals surface area contributed by atoms with Crippen LogP contribution in [0, 0.1) is 5.82 Å². The van der Waals surface area contributed by atoms with Crippen LogP contribution in [-0.2, 0) is 11.4 Å². The summed E-state index contributed by atoms with van der Waals surface area (Å²) in [6.45, 7) is 5.20. The fourth-order valence-electron chi connectivity index (χ4n) is 1.05. The monoisotopic (exact) mass is 277 g/mol. The summed E-state index contributed by atoms with van der Waals surface area (Å²) in [5.74, 6) is -0.803. The maximum absolute atomic E-state index is 13.4. The zero-order valence-electron chi connectivity index (χ0n) is 10.3. The van der Waals surface area contributed by atoms with Gasteiger partial charge in [-0.1, -0.05) is 10.5 Å². The minimum absolute atomic E-state index is 0.0389. The first-order valence-corrected chi connectivity index (χ1v) is 6.36. The number of hydrogen-bond acceptors (Lipinski definition) is 2. The Morgan fingerprint density at radius 3 is 2.39 bits per heavy atom. The largest absolute Gasteiger partial charge is 0.591 e. The quantitative estimate of drug-likeness (QED) is 0.613. The van der Waals surface area contributed by atoms with Gasteiger partial charge in [-0.3, -0.25) is 0 Å². The molecule has 0 saturated carbocycles. The van der Waals surface area contributed by atoms with Gasteiger partial charge in [-0.25, -0.2) is 13.2 Å². The van der Waals surface area contributed by atoms with Crippen molar-refractivity contribution in [3.8, 4) is 0 Å². The lowest BCUT2D eigenvalue weighted by molar-refractivity contribution is 0.151. The molecule has 0 aliphatic rings. The van der Waals surface area contributed by atoms with Gasteiger partial charge in [0.15, 0.2) is 0 Å². The van der Waals surface area contributed by atoms with Crippen LogP contribution < -0.4 is 0 Å². The average Bonchev–Trinajstić information content (AvgIpc) is 2.25. The Hall–Kier alpha value is -1.01. The van der Waals surface area contributed by atoms with E-state index in [1.54, 1.807) is 20.8 Å². The van der Waals surface area contributed by atoms with Crippen LogP contribution in [0.5, 0.6) is 0 Å². The van der Waals surface area contributed by atoms with Gasteiger partial charge in [-0.15, -0.1) is 0 Å². The molecule has 0 N–H and O–H groups in total. The zero-order valence-corrected chi connectivity index (χ0v) is 11.1. The summed E-state index contributed by atoms with van der Waals surface area (Å²) in [6.07, 6.45) is -1.61. The van der Waals surface area contributed by atoms with Crippen molar-refractivity contribution in [2.45, 2.75) is 31.9 Å². The van der Waals surface area contributed by atoms with E-state index in [1.165, 1.54) is 6.07 Å². The average molecular weight is 277 g/mol. The normalized spacial score (nSPS) is 14.4. The predicted molar refractivity (Wildman–Crippen MR) is 66.8 cm³/mol. The SMILES string of the molecule is CC(C)(C)[S+]([O-])/N=C/c1ccc(C(F)F)cc1F. The van der Waals surface area contributed by atoms with Crippen molar-refractivity contribution < 1.29 is 17.7 Å². The molecule has 100 valence electrons. The number of alkyl halides is 2. The second kappa shape index (κ2) is 5.75. The van der Waals surface area contributed by atoms with Crippen LogP contribution in [0.4, 0.5) is 13.2 Å². The van der Waals surface area contributed by atoms with Crippen molar-refractivity contribution in [1.82, 2.24) is 0 Å². The van der Waals surface area contributed by atoms with E-state index in [1.807, 2.05) is 0 Å². The fraction of sp³-hybridized carbons (Fsp3) is 0.417. The van der Waals surface area contributed by atoms with Crippen LogP contribution in [-0.4, -0.2) is 15.5 Å². The molecule has 2 nitrogen and oxygen atoms in total. The third kappa shape index (κ3) is 4.03. The van der Waals surface area contributed by atoms with E-state index in [0.29, 0.717) is 0 Å². The predicted octanol–water partition coefficient (Wildman–Crippen LogP) is 3.64. The molecular formula is C12H14F3NOS. The van der Waals surface area contributed by atoms with Gasteiger partial charge >= 0.3 is 0 Å². The summed E-state index contributed by atoms with van der Waals surface area (Å²) < 4.78 is 52.8. The van der Waals surface area contributed by atoms with Crippen LogP contribution in [0.25, 0.3) is 0 Å². The number of benzene rings is 1. The molecule has 1 unspecified atom stereocenters. The van der Waals surface area contributed by atoms with Crippen LogP contribution in [0.2, 0.25) is 0 Å². The molecule has 0 aromatic heterocycles. The highest BCUT2D eigenvalue weighted by Gasteiger charge is 2.25. The van der Waals surface area contributed by atoms with E-state index in [0.717, 1.165) is 18.3 Å². The van der Waals surface area contributed by atoms with Crippen molar-refractivity contribution >= 4 is 17.6 Å². The van der Waals surface area contributed by atoms with Crippen molar-refractivity contribution in [2.24, 2.45) is 4.40 Å². The van der Waals surface area contributed by atoms with Crippen LogP contribution in [0.15, 0.2) is 22.6 Å². The molecule has 0 heterocycles. The Balaban J connectivity index is 2.89. The van der Waals surface area contributed by atoms with Crippen LogP contribution in [0.1, 0.15) is 38.3 Å². The number of hydrogen-bond donors (Lipinski definition) is 0. The molecule has 18 heavy (non-hydrogen) atoms. The molecule has 0 amide bonds. The molecule has 0 aliphatic carbocycles. The van der Waals surface area contributed by atoms with E-state index >= 15 is 0 Å². The van der Waals surface area contributed by atoms with Gasteiger partial charge in [0.1, 0.15) is 21.9 Å². The highest BCUT2D eigenvalue weighted by Crippen LogP contribution is 2.21. The minimum atomic E-state index is -2.71. The molecule has 1 aromatic carbocycles. The van der Waals surface area contributed by atoms with Crippen molar-refractivity contribution in [3.63, 3.8) is 0 Å². The van der Waals surface area contributed by atoms with Crippen LogP contribution >= 0.6 is 0 Å². The topological polar surface area (TPSA) is 35.4 Å². The summed E-state index contributed by atoms with van der Waals surface area (Å²) in [7, 11) is 0. The van der Waals surface area contributed by atoms with E-state index in [9.17, 15) is 17.7 Å². The molecular weight excluding hydrogens is 263 g/mol. The molecule has 1 aromatic rings. The zero-order chi connectivity index (χ0) is 13.9. The molecule has 0 saturated heterocycles. The smallest absolute Gasteiger partial charge is 0.263 e. The summed E-state index contributed by atoms with van der Waals surface area (Å²) in [5, 5.41) is 0. The summed E-state index contributed by atoms with van der Waals surface area (Å²) in [4.78, 5) is 0. The number of halogens is 3. The first-order chi connectivity index (χ1) is 8.21. The second-order valence-corrected chi connectivity index (χ2v) is 6.61. The van der Waals surface area contributed by atoms with Gasteiger partial charge < -0.3 is 4.55 Å². The van der Waals surface area contributed by atoms with Crippen molar-refractivity contribution in [2.75, 3.05) is 0 Å². The maximum atomic E-state index is 13.4. The van der Waals surface area contributed by atoms with Gasteiger partial charge in [0.2, 0.25) is 0 Å². The molecule has 0 fully saturated rings. The third-order valence-electron chi connectivity index (χ3n) is 2.09. The first kappa shape index (κ1) is 15.0. The lowest BCUT2D eigenvalue weighted by Gasteiger charge is -2.17. The summed E-state index contributed by atoms with van der Waals surface area (Å²) in [5.41, 5.74) is -0.349. The molecule has 1 rings (SSSR count). The van der Waals surface area contributed by atoms with Crippen LogP contribution in [0.3, 0.4) is 0 Å². The standard InChI is InChI=1S/C12H14F3NOS/c1-12(2,3)18(17)16-7-9-5-4-8(11(14)15)6-10(9)13/h4-7,11H,1-3H3/b16-7+. The highest BCUT2D eigenvalue weighted by atomic mass is 32.2. The Bertz CT molecular complexity index is 443. The van der Waals surface area contributed by atoms with Gasteiger partial charge in [0, 0.05) is 11.1 Å². The van der Waals surface area contributed by atoms with E-state index in [2.05, 4.69) is 4.40 Å². The molecule has 1 atom stereocenters. The van der Waals surface area contributed by atoms with Crippen molar-refractivity contribution in [3.05, 3.63) is 35.1 Å². The van der Waals surface area contributed by atoms with Gasteiger partial charge in [0.05, 0.1) is 6.21 Å². The first-order valence-electron chi connectivity index (χ1n) is 5.25. The van der Waals surface area contributed by atoms with Crippen molar-refractivity contribution in [1.29, 1.82) is 0 Å². The number of nitrogens with zero attached hydrogens (tertiary/aromatic N) is 1. The Kier molecular flexibility index (Phi) is 4.81. The van der Waals surface area contributed by atoms with Gasteiger partial charge in [0.25, 0.3) is 6.43 Å². The number of rotatable bonds is 3. The highest BCUT2D eigenvalue weighted by molar-refractivity contribution is 7.91.